The standard InChI is InChI=1S/C52H68N3O2/c1-9-10-11-12-17-36-53-45-24-15-13-22-43(45)51(2,3)47(53)33-31-40-20-18-21-41(50(40)42-29-26-39(27-30-42)28-35-49(56)57)32-34-48-52(4,5)44-23-14-16-25-46(44)54(48)37-19-38-55(6,7)8/h13-16,22-27,29-34H,9-12,17-21,28,35-38H2,1-8H3/q+1/p+1. The Morgan fingerprint density at radius 1 is 0.807 bits per heavy atom. The van der Waals surface area contributed by atoms with Crippen molar-refractivity contribution in [2.45, 2.75) is 116 Å². The number of hydrogen-bond acceptors (Lipinski definition) is 2. The van der Waals surface area contributed by atoms with Crippen molar-refractivity contribution in [1.29, 1.82) is 0 Å². The van der Waals surface area contributed by atoms with Crippen LogP contribution in [0, 0.1) is 0 Å². The molecule has 0 radical (unpaired) electrons. The largest absolute Gasteiger partial charge is 0.481 e. The number of fused-ring (bicyclic) bond motifs is 2. The highest BCUT2D eigenvalue weighted by Crippen LogP contribution is 2.48. The van der Waals surface area contributed by atoms with Gasteiger partial charge in [-0.3, -0.25) is 4.79 Å². The van der Waals surface area contributed by atoms with Crippen LogP contribution in [0.4, 0.5) is 11.4 Å². The van der Waals surface area contributed by atoms with Gasteiger partial charge in [-0.25, -0.2) is 0 Å². The first-order chi connectivity index (χ1) is 27.2. The first-order valence-electron chi connectivity index (χ1n) is 21.8. The summed E-state index contributed by atoms with van der Waals surface area (Å²) >= 11 is 0. The molecule has 0 saturated carbocycles. The van der Waals surface area contributed by atoms with Crippen LogP contribution in [0.3, 0.4) is 0 Å². The third-order valence-corrected chi connectivity index (χ3v) is 12.6. The lowest BCUT2D eigenvalue weighted by Gasteiger charge is -2.28. The van der Waals surface area contributed by atoms with E-state index in [1.165, 1.54) is 88.3 Å². The molecule has 0 unspecified atom stereocenters. The lowest BCUT2D eigenvalue weighted by molar-refractivity contribution is -0.871. The van der Waals surface area contributed by atoms with Gasteiger partial charge in [0.15, 0.2) is 12.3 Å². The Morgan fingerprint density at radius 2 is 1.51 bits per heavy atom. The molecule has 302 valence electrons. The van der Waals surface area contributed by atoms with Gasteiger partial charge in [0.1, 0.15) is 0 Å². The summed E-state index contributed by atoms with van der Waals surface area (Å²) in [4.78, 5) is 14.0. The number of aryl methyl sites for hydroxylation is 1. The number of carboxylic acid groups (broad SMARTS) is 1. The molecule has 57 heavy (non-hydrogen) atoms. The number of allylic oxidation sites excluding steroid dienone is 8. The fourth-order valence-electron chi connectivity index (χ4n) is 9.42. The molecule has 0 amide bonds. The average Bonchev–Trinajstić information content (AvgIpc) is 3.53. The minimum atomic E-state index is -0.757. The molecule has 0 atom stereocenters. The monoisotopic (exact) mass is 768 g/mol. The Bertz CT molecular complexity index is 2070. The summed E-state index contributed by atoms with van der Waals surface area (Å²) in [6, 6.07) is 26.7. The fraction of sp³-hybridized carbons (Fsp3) is 0.462. The van der Waals surface area contributed by atoms with Gasteiger partial charge in [0.05, 0.1) is 39.5 Å². The Balaban J connectivity index is 1.43. The second-order valence-corrected chi connectivity index (χ2v) is 18.7. The van der Waals surface area contributed by atoms with E-state index >= 15 is 0 Å². The molecule has 3 aromatic rings. The van der Waals surface area contributed by atoms with Crippen LogP contribution >= 0.6 is 0 Å². The maximum absolute atomic E-state index is 11.4. The number of quaternary nitrogens is 1. The Hall–Kier alpha value is -4.48. The van der Waals surface area contributed by atoms with E-state index in [0.717, 1.165) is 55.4 Å². The molecular formula is C52H69N3O2+2. The second-order valence-electron chi connectivity index (χ2n) is 18.7. The maximum Gasteiger partial charge on any atom is 0.303 e. The Kier molecular flexibility index (Phi) is 13.3. The van der Waals surface area contributed by atoms with E-state index in [1.807, 2.05) is 0 Å². The van der Waals surface area contributed by atoms with Crippen molar-refractivity contribution < 1.29 is 19.0 Å². The quantitative estimate of drug-likeness (QED) is 0.0845. The molecule has 1 aliphatic carbocycles. The van der Waals surface area contributed by atoms with Gasteiger partial charge in [0.2, 0.25) is 5.69 Å². The van der Waals surface area contributed by atoms with Crippen LogP contribution in [-0.4, -0.2) is 66.6 Å². The van der Waals surface area contributed by atoms with Crippen molar-refractivity contribution in [2.75, 3.05) is 45.7 Å². The van der Waals surface area contributed by atoms with Crippen molar-refractivity contribution >= 4 is 28.6 Å². The van der Waals surface area contributed by atoms with Crippen molar-refractivity contribution in [1.82, 2.24) is 0 Å². The highest BCUT2D eigenvalue weighted by Gasteiger charge is 2.44. The fourth-order valence-corrected chi connectivity index (χ4v) is 9.42. The number of para-hydroxylation sites is 2. The van der Waals surface area contributed by atoms with Crippen LogP contribution in [0.15, 0.2) is 114 Å². The zero-order valence-electron chi connectivity index (χ0n) is 36.3. The van der Waals surface area contributed by atoms with Crippen molar-refractivity contribution in [3.05, 3.63) is 136 Å². The third-order valence-electron chi connectivity index (χ3n) is 12.6. The van der Waals surface area contributed by atoms with Crippen LogP contribution in [0.5, 0.6) is 0 Å². The van der Waals surface area contributed by atoms with Gasteiger partial charge in [-0.15, -0.1) is 0 Å². The predicted molar refractivity (Wildman–Crippen MR) is 241 cm³/mol. The lowest BCUT2D eigenvalue weighted by Crippen LogP contribution is -2.36. The third kappa shape index (κ3) is 9.63. The predicted octanol–water partition coefficient (Wildman–Crippen LogP) is 11.9. The number of rotatable bonds is 17. The molecule has 6 rings (SSSR count). The van der Waals surface area contributed by atoms with E-state index in [0.29, 0.717) is 6.42 Å². The Morgan fingerprint density at radius 3 is 2.23 bits per heavy atom. The number of benzene rings is 3. The first kappa shape index (κ1) is 42.1. The molecule has 5 nitrogen and oxygen atoms in total. The number of carboxylic acids is 1. The van der Waals surface area contributed by atoms with Crippen molar-refractivity contribution in [3.63, 3.8) is 0 Å². The molecule has 0 fully saturated rings. The van der Waals surface area contributed by atoms with Gasteiger partial charge < -0.3 is 14.5 Å². The molecule has 2 aliphatic heterocycles. The molecule has 3 aromatic carbocycles. The van der Waals surface area contributed by atoms with Gasteiger partial charge >= 0.3 is 5.97 Å². The molecule has 5 heteroatoms. The number of unbranched alkanes of at least 4 members (excludes halogenated alkanes) is 4. The second kappa shape index (κ2) is 18.0. The summed E-state index contributed by atoms with van der Waals surface area (Å²) in [5, 5.41) is 9.35. The summed E-state index contributed by atoms with van der Waals surface area (Å²) in [5.41, 5.74) is 14.4. The van der Waals surface area contributed by atoms with Crippen molar-refractivity contribution in [2.24, 2.45) is 0 Å². The summed E-state index contributed by atoms with van der Waals surface area (Å²) in [7, 11) is 6.84. The van der Waals surface area contributed by atoms with Gasteiger partial charge in [-0.1, -0.05) is 119 Å². The number of hydrogen-bond donors (Lipinski definition) is 1. The molecule has 3 aliphatic rings. The van der Waals surface area contributed by atoms with E-state index in [2.05, 4.69) is 162 Å². The SMILES string of the molecule is CCCCCCCN1/C(=C/C=C2\CCCC(/C=C/C3=[N+](CCC[N+](C)(C)C)c4ccccc4C3(C)C)=C2c2ccc(CCC(=O)O)cc2)C(C)(C)c2ccccc21. The van der Waals surface area contributed by atoms with E-state index < -0.39 is 5.97 Å². The van der Waals surface area contributed by atoms with Crippen LogP contribution in [0.2, 0.25) is 0 Å². The number of carbonyl (C=O) groups is 1. The van der Waals surface area contributed by atoms with Crippen LogP contribution in [0.25, 0.3) is 5.57 Å². The zero-order valence-corrected chi connectivity index (χ0v) is 36.3. The van der Waals surface area contributed by atoms with Gasteiger partial charge in [0.25, 0.3) is 0 Å². The summed E-state index contributed by atoms with van der Waals surface area (Å²) < 4.78 is 3.54. The van der Waals surface area contributed by atoms with Gasteiger partial charge in [-0.05, 0) is 91.5 Å². The molecule has 1 N–H and O–H groups in total. The average molecular weight is 768 g/mol. The van der Waals surface area contributed by atoms with E-state index in [4.69, 9.17) is 0 Å². The minimum Gasteiger partial charge on any atom is -0.481 e. The topological polar surface area (TPSA) is 43.5 Å². The number of nitrogens with zero attached hydrogens (tertiary/aromatic N) is 3. The molecule has 0 saturated heterocycles. The lowest BCUT2D eigenvalue weighted by atomic mass is 9.79. The van der Waals surface area contributed by atoms with Crippen LogP contribution < -0.4 is 4.90 Å². The van der Waals surface area contributed by atoms with Crippen LogP contribution in [-0.2, 0) is 22.0 Å². The highest BCUT2D eigenvalue weighted by molar-refractivity contribution is 6.03. The smallest absolute Gasteiger partial charge is 0.303 e. The molecular weight excluding hydrogens is 699 g/mol. The van der Waals surface area contributed by atoms with Crippen LogP contribution in [0.1, 0.15) is 121 Å². The van der Waals surface area contributed by atoms with E-state index in [1.54, 1.807) is 0 Å². The van der Waals surface area contributed by atoms with E-state index in [-0.39, 0.29) is 17.3 Å². The molecule has 0 spiro atoms. The molecule has 0 aromatic heterocycles. The molecule has 0 bridgehead atoms. The zero-order chi connectivity index (χ0) is 40.8. The number of aliphatic carboxylic acids is 1. The summed E-state index contributed by atoms with van der Waals surface area (Å²) in [6.45, 7) is 15.0. The van der Waals surface area contributed by atoms with Gasteiger partial charge in [0, 0.05) is 47.5 Å². The summed E-state index contributed by atoms with van der Waals surface area (Å²) in [5.74, 6) is -0.757. The van der Waals surface area contributed by atoms with Crippen molar-refractivity contribution in [3.8, 4) is 0 Å². The maximum atomic E-state index is 11.4. The highest BCUT2D eigenvalue weighted by atomic mass is 16.4. The normalized spacial score (nSPS) is 19.0. The van der Waals surface area contributed by atoms with Gasteiger partial charge in [-0.2, -0.15) is 4.58 Å². The number of anilines is 1. The van der Waals surface area contributed by atoms with E-state index in [9.17, 15) is 9.90 Å². The minimum absolute atomic E-state index is 0.0980. The molecule has 2 heterocycles. The summed E-state index contributed by atoms with van der Waals surface area (Å²) in [6.07, 6.45) is 21.0. The first-order valence-corrected chi connectivity index (χ1v) is 21.8. The Labute approximate surface area is 344 Å².